The molecule has 0 unspecified atom stereocenters. The topological polar surface area (TPSA) is 102 Å². The van der Waals surface area contributed by atoms with Crippen LogP contribution in [0.25, 0.3) is 0 Å². The molecule has 0 amide bonds. The Labute approximate surface area is 170 Å². The van der Waals surface area contributed by atoms with Gasteiger partial charge in [0.25, 0.3) is 0 Å². The Morgan fingerprint density at radius 2 is 2.00 bits per heavy atom. The van der Waals surface area contributed by atoms with Gasteiger partial charge in [-0.1, -0.05) is 6.92 Å². The third-order valence-electron chi connectivity index (χ3n) is 4.51. The fraction of sp³-hybridized carbons (Fsp3) is 0.444. The molecule has 9 nitrogen and oxygen atoms in total. The van der Waals surface area contributed by atoms with Crippen molar-refractivity contribution in [3.8, 4) is 0 Å². The summed E-state index contributed by atoms with van der Waals surface area (Å²) < 4.78 is 40.8. The van der Waals surface area contributed by atoms with Gasteiger partial charge in [0.2, 0.25) is 10.0 Å². The van der Waals surface area contributed by atoms with E-state index in [9.17, 15) is 12.8 Å². The number of anilines is 3. The quantitative estimate of drug-likeness (QED) is 0.577. The van der Waals surface area contributed by atoms with Crippen LogP contribution in [0, 0.1) is 5.82 Å². The van der Waals surface area contributed by atoms with Crippen molar-refractivity contribution >= 4 is 27.3 Å². The Hall–Kier alpha value is -2.34. The predicted molar refractivity (Wildman–Crippen MR) is 110 cm³/mol. The van der Waals surface area contributed by atoms with E-state index in [1.54, 1.807) is 13.0 Å². The molecule has 158 valence electrons. The summed E-state index contributed by atoms with van der Waals surface area (Å²) in [4.78, 5) is 12.6. The average Bonchev–Trinajstić information content (AvgIpc) is 2.70. The molecular weight excluding hydrogens is 397 g/mol. The minimum atomic E-state index is -3.71. The average molecular weight is 424 g/mol. The molecule has 1 aromatic carbocycles. The summed E-state index contributed by atoms with van der Waals surface area (Å²) in [6, 6.07) is 5.44. The standard InChI is InChI=1S/C18H26FN7O2S/c1-3-23-29(27,28)14-4-5-16(15(19)10-14)24-17-11-18(22-12-21-17)25(2)13-26-8-6-20-7-9-26/h4-5,10-12,20,23H,3,6-9,13H2,1-2H3,(H,21,22,24). The Balaban J connectivity index is 1.71. The van der Waals surface area contributed by atoms with Crippen molar-refractivity contribution in [2.45, 2.75) is 11.8 Å². The zero-order valence-corrected chi connectivity index (χ0v) is 17.3. The molecule has 0 bridgehead atoms. The van der Waals surface area contributed by atoms with Gasteiger partial charge in [-0.25, -0.2) is 27.5 Å². The van der Waals surface area contributed by atoms with Crippen molar-refractivity contribution < 1.29 is 12.8 Å². The highest BCUT2D eigenvalue weighted by Crippen LogP contribution is 2.23. The fourth-order valence-electron chi connectivity index (χ4n) is 3.02. The lowest BCUT2D eigenvalue weighted by Gasteiger charge is -2.31. The minimum absolute atomic E-state index is 0.124. The van der Waals surface area contributed by atoms with Crippen molar-refractivity contribution in [1.29, 1.82) is 0 Å². The number of nitrogens with one attached hydrogen (secondary N) is 3. The summed E-state index contributed by atoms with van der Waals surface area (Å²) in [7, 11) is -1.77. The molecule has 1 fully saturated rings. The molecule has 0 saturated carbocycles. The molecule has 1 aliphatic rings. The first-order valence-electron chi connectivity index (χ1n) is 9.41. The molecular formula is C18H26FN7O2S. The van der Waals surface area contributed by atoms with Crippen LogP contribution in [-0.4, -0.2) is 69.7 Å². The third-order valence-corrected chi connectivity index (χ3v) is 6.06. The van der Waals surface area contributed by atoms with Gasteiger partial charge in [0.1, 0.15) is 23.8 Å². The lowest BCUT2D eigenvalue weighted by Crippen LogP contribution is -2.47. The Kier molecular flexibility index (Phi) is 6.96. The van der Waals surface area contributed by atoms with Crippen molar-refractivity contribution in [3.05, 3.63) is 36.4 Å². The number of piperazine rings is 1. The van der Waals surface area contributed by atoms with Crippen molar-refractivity contribution in [1.82, 2.24) is 24.9 Å². The maximum Gasteiger partial charge on any atom is 0.240 e. The molecule has 2 heterocycles. The number of aromatic nitrogens is 2. The monoisotopic (exact) mass is 423 g/mol. The van der Waals surface area contributed by atoms with Gasteiger partial charge in [-0.05, 0) is 18.2 Å². The second-order valence-corrected chi connectivity index (χ2v) is 8.50. The second kappa shape index (κ2) is 9.44. The summed E-state index contributed by atoms with van der Waals surface area (Å²) in [5, 5.41) is 6.21. The van der Waals surface area contributed by atoms with Gasteiger partial charge < -0.3 is 15.5 Å². The number of hydrogen-bond acceptors (Lipinski definition) is 8. The zero-order valence-electron chi connectivity index (χ0n) is 16.5. The van der Waals surface area contributed by atoms with Gasteiger partial charge in [-0.2, -0.15) is 0 Å². The maximum absolute atomic E-state index is 14.5. The van der Waals surface area contributed by atoms with Crippen LogP contribution in [0.2, 0.25) is 0 Å². The van der Waals surface area contributed by atoms with E-state index in [-0.39, 0.29) is 17.1 Å². The van der Waals surface area contributed by atoms with Crippen LogP contribution in [0.15, 0.2) is 35.5 Å². The van der Waals surface area contributed by atoms with Crippen LogP contribution < -0.4 is 20.3 Å². The summed E-state index contributed by atoms with van der Waals surface area (Å²) in [5.41, 5.74) is 0.134. The Morgan fingerprint density at radius 1 is 1.24 bits per heavy atom. The van der Waals surface area contributed by atoms with E-state index in [2.05, 4.69) is 30.2 Å². The van der Waals surface area contributed by atoms with Crippen LogP contribution >= 0.6 is 0 Å². The van der Waals surface area contributed by atoms with E-state index < -0.39 is 15.8 Å². The Bertz CT molecular complexity index is 936. The predicted octanol–water partition coefficient (Wildman–Crippen LogP) is 0.956. The van der Waals surface area contributed by atoms with Gasteiger partial charge >= 0.3 is 0 Å². The minimum Gasteiger partial charge on any atom is -0.347 e. The van der Waals surface area contributed by atoms with E-state index in [1.165, 1.54) is 18.5 Å². The van der Waals surface area contributed by atoms with Crippen LogP contribution in [0.1, 0.15) is 6.92 Å². The molecule has 1 saturated heterocycles. The SMILES string of the molecule is CCNS(=O)(=O)c1ccc(Nc2cc(N(C)CN3CCNCC3)ncn2)c(F)c1. The van der Waals surface area contributed by atoms with Crippen LogP contribution in [0.5, 0.6) is 0 Å². The molecule has 0 atom stereocenters. The number of halogens is 1. The van der Waals surface area contributed by atoms with Crippen LogP contribution in [0.4, 0.5) is 21.7 Å². The van der Waals surface area contributed by atoms with Crippen LogP contribution in [-0.2, 0) is 10.0 Å². The van der Waals surface area contributed by atoms with E-state index >= 15 is 0 Å². The highest BCUT2D eigenvalue weighted by Gasteiger charge is 2.16. The largest absolute Gasteiger partial charge is 0.347 e. The molecule has 1 aromatic heterocycles. The first-order chi connectivity index (χ1) is 13.9. The van der Waals surface area contributed by atoms with Gasteiger partial charge in [-0.15, -0.1) is 0 Å². The van der Waals surface area contributed by atoms with Crippen molar-refractivity contribution in [2.75, 3.05) is 56.7 Å². The lowest BCUT2D eigenvalue weighted by molar-refractivity contribution is 0.243. The van der Waals surface area contributed by atoms with E-state index in [0.29, 0.717) is 11.6 Å². The molecule has 3 rings (SSSR count). The lowest BCUT2D eigenvalue weighted by atomic mass is 10.3. The third kappa shape index (κ3) is 5.60. The number of hydrogen-bond donors (Lipinski definition) is 3. The highest BCUT2D eigenvalue weighted by atomic mass is 32.2. The number of nitrogens with zero attached hydrogens (tertiary/aromatic N) is 4. The molecule has 0 spiro atoms. The first kappa shape index (κ1) is 21.4. The van der Waals surface area contributed by atoms with Crippen molar-refractivity contribution in [2.24, 2.45) is 0 Å². The Morgan fingerprint density at radius 3 is 2.69 bits per heavy atom. The van der Waals surface area contributed by atoms with Gasteiger partial charge in [0.15, 0.2) is 0 Å². The maximum atomic E-state index is 14.5. The van der Waals surface area contributed by atoms with E-state index in [4.69, 9.17) is 0 Å². The molecule has 11 heteroatoms. The number of rotatable bonds is 8. The van der Waals surface area contributed by atoms with Gasteiger partial charge in [0, 0.05) is 45.8 Å². The molecule has 29 heavy (non-hydrogen) atoms. The fourth-order valence-corrected chi connectivity index (χ4v) is 4.08. The molecule has 1 aliphatic heterocycles. The summed E-state index contributed by atoms with van der Waals surface area (Å²) in [6.45, 7) is 6.47. The molecule has 2 aromatic rings. The molecule has 0 radical (unpaired) electrons. The summed E-state index contributed by atoms with van der Waals surface area (Å²) in [5.74, 6) is 0.439. The molecule has 3 N–H and O–H groups in total. The smallest absolute Gasteiger partial charge is 0.240 e. The van der Waals surface area contributed by atoms with Crippen molar-refractivity contribution in [3.63, 3.8) is 0 Å². The van der Waals surface area contributed by atoms with E-state index in [0.717, 1.165) is 38.9 Å². The highest BCUT2D eigenvalue weighted by molar-refractivity contribution is 7.89. The second-order valence-electron chi connectivity index (χ2n) is 6.74. The zero-order chi connectivity index (χ0) is 20.9. The van der Waals surface area contributed by atoms with Gasteiger partial charge in [-0.3, -0.25) is 4.90 Å². The number of benzene rings is 1. The van der Waals surface area contributed by atoms with Gasteiger partial charge in [0.05, 0.1) is 17.3 Å². The first-order valence-corrected chi connectivity index (χ1v) is 10.9. The summed E-state index contributed by atoms with van der Waals surface area (Å²) in [6.07, 6.45) is 1.41. The normalized spacial score (nSPS) is 15.3. The van der Waals surface area contributed by atoms with Crippen LogP contribution in [0.3, 0.4) is 0 Å². The number of sulfonamides is 1. The summed E-state index contributed by atoms with van der Waals surface area (Å²) >= 11 is 0. The molecule has 0 aliphatic carbocycles. The van der Waals surface area contributed by atoms with E-state index in [1.807, 2.05) is 11.9 Å².